The smallest absolute Gasteiger partial charge is 0.427 e. The molecule has 2 N–H and O–H groups in total. The van der Waals surface area contributed by atoms with Crippen LogP contribution in [0.3, 0.4) is 0 Å². The summed E-state index contributed by atoms with van der Waals surface area (Å²) in [5.74, 6) is -0.839. The van der Waals surface area contributed by atoms with Gasteiger partial charge in [-0.3, -0.25) is 9.59 Å². The lowest BCUT2D eigenvalue weighted by Gasteiger charge is -2.35. The highest BCUT2D eigenvalue weighted by molar-refractivity contribution is 6.03. The second-order valence-electron chi connectivity index (χ2n) is 6.49. The van der Waals surface area contributed by atoms with Crippen LogP contribution in [0.1, 0.15) is 15.9 Å². The summed E-state index contributed by atoms with van der Waals surface area (Å²) in [7, 11) is 0. The molecule has 146 valence electrons. The van der Waals surface area contributed by atoms with Gasteiger partial charge in [0.15, 0.2) is 12.4 Å². The monoisotopic (exact) mass is 392 g/mol. The Labute approximate surface area is 157 Å². The van der Waals surface area contributed by atoms with Gasteiger partial charge in [0, 0.05) is 6.42 Å². The van der Waals surface area contributed by atoms with E-state index in [4.69, 9.17) is 9.47 Å². The van der Waals surface area contributed by atoms with E-state index in [2.05, 4.69) is 10.6 Å². The average molecular weight is 392 g/mol. The number of halogens is 3. The largest absolute Gasteiger partial charge is 0.481 e. The molecular weight excluding hydrogens is 377 g/mol. The van der Waals surface area contributed by atoms with Crippen LogP contribution in [0.15, 0.2) is 42.5 Å². The van der Waals surface area contributed by atoms with Gasteiger partial charge in [0.25, 0.3) is 11.8 Å². The van der Waals surface area contributed by atoms with Gasteiger partial charge in [-0.1, -0.05) is 24.3 Å². The minimum atomic E-state index is -4.66. The predicted molar refractivity (Wildman–Crippen MR) is 92.4 cm³/mol. The molecule has 0 bridgehead atoms. The van der Waals surface area contributed by atoms with Crippen LogP contribution < -0.4 is 20.1 Å². The molecule has 9 heteroatoms. The summed E-state index contributed by atoms with van der Waals surface area (Å²) in [4.78, 5) is 24.1. The zero-order chi connectivity index (χ0) is 19.9. The Morgan fingerprint density at radius 1 is 1.14 bits per heavy atom. The average Bonchev–Trinajstić information content (AvgIpc) is 2.65. The first-order valence-electron chi connectivity index (χ1n) is 8.51. The molecule has 2 aromatic rings. The summed E-state index contributed by atoms with van der Waals surface area (Å²) < 4.78 is 51.0. The molecule has 0 saturated heterocycles. The summed E-state index contributed by atoms with van der Waals surface area (Å²) in [6, 6.07) is 9.58. The molecule has 0 saturated carbocycles. The Hall–Kier alpha value is -3.23. The van der Waals surface area contributed by atoms with Crippen molar-refractivity contribution in [1.29, 1.82) is 0 Å². The van der Waals surface area contributed by atoms with E-state index in [1.165, 1.54) is 18.2 Å². The van der Waals surface area contributed by atoms with E-state index < -0.39 is 24.2 Å². The molecule has 2 atom stereocenters. The third-order valence-corrected chi connectivity index (χ3v) is 4.55. The second-order valence-corrected chi connectivity index (χ2v) is 6.49. The molecule has 0 unspecified atom stereocenters. The zero-order valence-electron chi connectivity index (χ0n) is 14.4. The molecule has 0 aliphatic carbocycles. The maximum Gasteiger partial charge on any atom is 0.427 e. The second kappa shape index (κ2) is 6.74. The molecule has 2 aromatic carbocycles. The number of benzene rings is 2. The van der Waals surface area contributed by atoms with Gasteiger partial charge in [-0.25, -0.2) is 0 Å². The topological polar surface area (TPSA) is 76.7 Å². The first-order valence-corrected chi connectivity index (χ1v) is 8.51. The van der Waals surface area contributed by atoms with Crippen molar-refractivity contribution in [3.63, 3.8) is 0 Å². The lowest BCUT2D eigenvalue weighted by Crippen LogP contribution is -2.56. The molecule has 2 aliphatic heterocycles. The number of alkyl halides is 3. The fourth-order valence-corrected chi connectivity index (χ4v) is 3.31. The number of hydrogen-bond acceptors (Lipinski definition) is 4. The van der Waals surface area contributed by atoms with Gasteiger partial charge in [-0.15, -0.1) is 0 Å². The molecule has 0 radical (unpaired) electrons. The molecule has 2 aliphatic rings. The van der Waals surface area contributed by atoms with Gasteiger partial charge < -0.3 is 20.1 Å². The minimum absolute atomic E-state index is 0.0291. The number of hydrogen-bond donors (Lipinski definition) is 2. The fraction of sp³-hybridized carbons (Fsp3) is 0.263. The van der Waals surface area contributed by atoms with Crippen molar-refractivity contribution in [2.45, 2.75) is 24.7 Å². The van der Waals surface area contributed by atoms with Gasteiger partial charge in [0.05, 0.1) is 17.3 Å². The van der Waals surface area contributed by atoms with Crippen molar-refractivity contribution in [2.75, 3.05) is 11.9 Å². The summed E-state index contributed by atoms with van der Waals surface area (Å²) >= 11 is 0. The van der Waals surface area contributed by atoms with Crippen molar-refractivity contribution in [1.82, 2.24) is 5.32 Å². The number of amides is 2. The summed E-state index contributed by atoms with van der Waals surface area (Å²) in [5, 5.41) is 4.97. The molecule has 28 heavy (non-hydrogen) atoms. The molecule has 2 heterocycles. The van der Waals surface area contributed by atoms with Gasteiger partial charge in [0.2, 0.25) is 6.10 Å². The normalized spacial score (nSPS) is 20.8. The SMILES string of the molecule is O=C1COc2c(cccc2C(=O)N[C@@H]2Cc3ccccc3O[C@H]2C(F)(F)F)N1. The van der Waals surface area contributed by atoms with Crippen molar-refractivity contribution >= 4 is 17.5 Å². The van der Waals surface area contributed by atoms with E-state index >= 15 is 0 Å². The van der Waals surface area contributed by atoms with Gasteiger partial charge in [0.1, 0.15) is 5.75 Å². The van der Waals surface area contributed by atoms with E-state index in [9.17, 15) is 22.8 Å². The van der Waals surface area contributed by atoms with Crippen LogP contribution in [0.4, 0.5) is 18.9 Å². The summed E-state index contributed by atoms with van der Waals surface area (Å²) in [6.07, 6.45) is -6.86. The molecule has 0 spiro atoms. The number of carbonyl (C=O) groups excluding carboxylic acids is 2. The van der Waals surface area contributed by atoms with E-state index in [0.29, 0.717) is 11.3 Å². The van der Waals surface area contributed by atoms with Gasteiger partial charge in [-0.05, 0) is 23.8 Å². The lowest BCUT2D eigenvalue weighted by molar-refractivity contribution is -0.205. The third kappa shape index (κ3) is 3.35. The molecule has 6 nitrogen and oxygen atoms in total. The van der Waals surface area contributed by atoms with Crippen LogP contribution in [-0.2, 0) is 11.2 Å². The first-order chi connectivity index (χ1) is 13.3. The fourth-order valence-electron chi connectivity index (χ4n) is 3.31. The summed E-state index contributed by atoms with van der Waals surface area (Å²) in [5.41, 5.74) is 0.908. The Morgan fingerprint density at radius 3 is 2.71 bits per heavy atom. The van der Waals surface area contributed by atoms with Crippen LogP contribution in [0, 0.1) is 0 Å². The van der Waals surface area contributed by atoms with Gasteiger partial charge >= 0.3 is 6.18 Å². The highest BCUT2D eigenvalue weighted by Crippen LogP contribution is 2.36. The standard InChI is InChI=1S/C19H15F3N2O4/c20-19(21,22)17-13(8-10-4-1-2-7-14(10)28-17)24-18(26)11-5-3-6-12-16(11)27-9-15(25)23-12/h1-7,13,17H,8-9H2,(H,23,25)(H,24,26)/t13-,17-/m1/s1. The van der Waals surface area contributed by atoms with Crippen molar-refractivity contribution in [2.24, 2.45) is 0 Å². The van der Waals surface area contributed by atoms with E-state index in [-0.39, 0.29) is 36.0 Å². The Bertz CT molecular complexity index is 945. The van der Waals surface area contributed by atoms with E-state index in [1.807, 2.05) is 0 Å². The Morgan fingerprint density at radius 2 is 1.93 bits per heavy atom. The lowest BCUT2D eigenvalue weighted by atomic mass is 9.96. The maximum absolute atomic E-state index is 13.5. The van der Waals surface area contributed by atoms with Gasteiger partial charge in [-0.2, -0.15) is 13.2 Å². The number of nitrogens with one attached hydrogen (secondary N) is 2. The zero-order valence-corrected chi connectivity index (χ0v) is 14.4. The number of ether oxygens (including phenoxy) is 2. The predicted octanol–water partition coefficient (Wildman–Crippen LogP) is 2.68. The number of para-hydroxylation sites is 2. The molecule has 0 aromatic heterocycles. The quantitative estimate of drug-likeness (QED) is 0.824. The van der Waals surface area contributed by atoms with Crippen molar-refractivity contribution in [3.05, 3.63) is 53.6 Å². The first kappa shape index (κ1) is 18.1. The molecule has 2 amide bonds. The van der Waals surface area contributed by atoms with Crippen LogP contribution >= 0.6 is 0 Å². The molecule has 0 fully saturated rings. The highest BCUT2D eigenvalue weighted by Gasteiger charge is 2.50. The third-order valence-electron chi connectivity index (χ3n) is 4.55. The number of rotatable bonds is 2. The van der Waals surface area contributed by atoms with Crippen LogP contribution in [0.5, 0.6) is 11.5 Å². The Kier molecular flexibility index (Phi) is 4.37. The van der Waals surface area contributed by atoms with E-state index in [1.54, 1.807) is 24.3 Å². The van der Waals surface area contributed by atoms with E-state index in [0.717, 1.165) is 0 Å². The maximum atomic E-state index is 13.5. The Balaban J connectivity index is 1.62. The minimum Gasteiger partial charge on any atom is -0.481 e. The van der Waals surface area contributed by atoms with Crippen LogP contribution in [-0.4, -0.2) is 36.7 Å². The van der Waals surface area contributed by atoms with Crippen molar-refractivity contribution in [3.8, 4) is 11.5 Å². The van der Waals surface area contributed by atoms with Crippen LogP contribution in [0.25, 0.3) is 0 Å². The molecule has 4 rings (SSSR count). The highest BCUT2D eigenvalue weighted by atomic mass is 19.4. The number of anilines is 1. The van der Waals surface area contributed by atoms with Crippen molar-refractivity contribution < 1.29 is 32.2 Å². The number of carbonyl (C=O) groups is 2. The number of fused-ring (bicyclic) bond motifs is 2. The van der Waals surface area contributed by atoms with Crippen LogP contribution in [0.2, 0.25) is 0 Å². The molecular formula is C19H15F3N2O4. The summed E-state index contributed by atoms with van der Waals surface area (Å²) in [6.45, 7) is -0.275.